The zero-order valence-corrected chi connectivity index (χ0v) is 11.6. The Morgan fingerprint density at radius 3 is 2.71 bits per heavy atom. The number of hydrogen-bond acceptors (Lipinski definition) is 3. The maximum Gasteiger partial charge on any atom is 0.513 e. The molecule has 4 heteroatoms. The van der Waals surface area contributed by atoms with Gasteiger partial charge in [0, 0.05) is 5.92 Å². The van der Waals surface area contributed by atoms with Gasteiger partial charge in [0.05, 0.1) is 7.11 Å². The van der Waals surface area contributed by atoms with Crippen LogP contribution in [0, 0.1) is 0 Å². The number of allylic oxidation sites excluding steroid dienone is 1. The molecule has 0 aromatic heterocycles. The molecule has 0 bridgehead atoms. The van der Waals surface area contributed by atoms with Crippen LogP contribution in [-0.4, -0.2) is 17.3 Å². The van der Waals surface area contributed by atoms with E-state index >= 15 is 0 Å². The van der Waals surface area contributed by atoms with Crippen molar-refractivity contribution in [1.29, 1.82) is 0 Å². The highest BCUT2D eigenvalue weighted by Gasteiger charge is 2.09. The fourth-order valence-electron chi connectivity index (χ4n) is 1.58. The summed E-state index contributed by atoms with van der Waals surface area (Å²) < 4.78 is 14.0. The van der Waals surface area contributed by atoms with E-state index in [1.165, 1.54) is 12.7 Å². The smallest absolute Gasteiger partial charge is 0.437 e. The van der Waals surface area contributed by atoms with Gasteiger partial charge in [0.1, 0.15) is 5.75 Å². The van der Waals surface area contributed by atoms with Gasteiger partial charge in [-0.15, -0.1) is 0 Å². The molecule has 0 saturated carbocycles. The maximum absolute atomic E-state index is 10.9. The van der Waals surface area contributed by atoms with Crippen molar-refractivity contribution in [3.63, 3.8) is 0 Å². The molecule has 0 amide bonds. The van der Waals surface area contributed by atoms with Crippen molar-refractivity contribution in [3.8, 4) is 5.75 Å². The van der Waals surface area contributed by atoms with Gasteiger partial charge >= 0.3 is 6.16 Å². The molecule has 0 fully saturated rings. The van der Waals surface area contributed by atoms with Crippen LogP contribution in [0.5, 0.6) is 5.75 Å². The molecule has 1 aliphatic heterocycles. The lowest BCUT2D eigenvalue weighted by atomic mass is 9.97. The average molecular weight is 344 g/mol. The number of benzene rings is 1. The maximum atomic E-state index is 10.9. The van der Waals surface area contributed by atoms with Crippen molar-refractivity contribution in [2.45, 2.75) is 12.3 Å². The third kappa shape index (κ3) is 3.39. The van der Waals surface area contributed by atoms with E-state index in [9.17, 15) is 4.79 Å². The highest BCUT2D eigenvalue weighted by molar-refractivity contribution is 14.2. The molecule has 1 aromatic carbocycles. The summed E-state index contributed by atoms with van der Waals surface area (Å²) in [5.41, 5.74) is 1.25. The van der Waals surface area contributed by atoms with Gasteiger partial charge in [-0.25, -0.2) is 4.79 Å². The molecule has 17 heavy (non-hydrogen) atoms. The number of methoxy groups -OCH3 is 1. The van der Waals surface area contributed by atoms with Gasteiger partial charge in [0.15, 0.2) is 0 Å². The Kier molecular flexibility index (Phi) is 4.30. The SMILES string of the molecule is COC(=O)Oc1ccc(C2C=CI=CC2)cc1. The van der Waals surface area contributed by atoms with Crippen LogP contribution in [0.4, 0.5) is 4.79 Å². The van der Waals surface area contributed by atoms with E-state index in [0.717, 1.165) is 6.42 Å². The second-order valence-electron chi connectivity index (χ2n) is 3.57. The summed E-state index contributed by atoms with van der Waals surface area (Å²) in [6, 6.07) is 7.57. The molecule has 1 heterocycles. The predicted molar refractivity (Wildman–Crippen MR) is 76.1 cm³/mol. The van der Waals surface area contributed by atoms with Crippen molar-refractivity contribution in [2.24, 2.45) is 0 Å². The molecule has 1 unspecified atom stereocenters. The molecule has 0 spiro atoms. The summed E-state index contributed by atoms with van der Waals surface area (Å²) in [6.45, 7) is 0. The van der Waals surface area contributed by atoms with E-state index < -0.39 is 6.16 Å². The van der Waals surface area contributed by atoms with Gasteiger partial charge in [0.2, 0.25) is 0 Å². The molecule has 1 aromatic rings. The minimum absolute atomic E-state index is 0.183. The minimum atomic E-state index is -0.687. The van der Waals surface area contributed by atoms with E-state index in [4.69, 9.17) is 4.74 Å². The van der Waals surface area contributed by atoms with Gasteiger partial charge in [-0.3, -0.25) is 0 Å². The molecule has 0 radical (unpaired) electrons. The zero-order valence-electron chi connectivity index (χ0n) is 9.43. The monoisotopic (exact) mass is 344 g/mol. The first-order valence-electron chi connectivity index (χ1n) is 5.25. The van der Waals surface area contributed by atoms with Crippen LogP contribution in [0.25, 0.3) is 0 Å². The minimum Gasteiger partial charge on any atom is -0.437 e. The van der Waals surface area contributed by atoms with Crippen molar-refractivity contribution in [2.75, 3.05) is 7.11 Å². The Hall–Kier alpha value is -1.17. The zero-order chi connectivity index (χ0) is 12.1. The molecule has 3 nitrogen and oxygen atoms in total. The molecule has 2 rings (SSSR count). The standard InChI is InChI=1S/C13H13IO3/c1-16-13(15)17-12-4-2-10(3-5-12)11-6-8-14-9-7-11/h2-6,8-9,11H,7H2,1H3. The number of hydrogen-bond donors (Lipinski definition) is 0. The fraction of sp³-hybridized carbons (Fsp3) is 0.231. The van der Waals surface area contributed by atoms with Crippen molar-refractivity contribution in [1.82, 2.24) is 0 Å². The Labute approximate surface area is 110 Å². The van der Waals surface area contributed by atoms with Crippen molar-refractivity contribution >= 4 is 30.9 Å². The number of halogens is 1. The Morgan fingerprint density at radius 1 is 1.35 bits per heavy atom. The van der Waals surface area contributed by atoms with Gasteiger partial charge in [0.25, 0.3) is 0 Å². The van der Waals surface area contributed by atoms with Gasteiger partial charge in [-0.1, -0.05) is 43.0 Å². The quantitative estimate of drug-likeness (QED) is 0.467. The normalized spacial score (nSPS) is 18.3. The molecule has 1 aliphatic rings. The van der Waals surface area contributed by atoms with Crippen LogP contribution in [-0.2, 0) is 4.74 Å². The van der Waals surface area contributed by atoms with Gasteiger partial charge in [-0.05, 0) is 28.2 Å². The van der Waals surface area contributed by atoms with Gasteiger partial charge < -0.3 is 9.47 Å². The Bertz CT molecular complexity index is 448. The van der Waals surface area contributed by atoms with E-state index in [-0.39, 0.29) is 20.7 Å². The van der Waals surface area contributed by atoms with Crippen molar-refractivity contribution in [3.05, 3.63) is 40.0 Å². The number of carbonyl (C=O) groups excluding carboxylic acids is 1. The molecule has 0 aliphatic carbocycles. The van der Waals surface area contributed by atoms with Crippen molar-refractivity contribution < 1.29 is 14.3 Å². The van der Waals surface area contributed by atoms with Crippen LogP contribution >= 0.6 is 20.7 Å². The summed E-state index contributed by atoms with van der Waals surface area (Å²) in [4.78, 5) is 10.9. The lowest BCUT2D eigenvalue weighted by Crippen LogP contribution is -2.07. The molecule has 0 N–H and O–H groups in total. The fourth-order valence-corrected chi connectivity index (χ4v) is 3.45. The number of ether oxygens (including phenoxy) is 2. The second kappa shape index (κ2) is 5.95. The van der Waals surface area contributed by atoms with E-state index in [0.29, 0.717) is 11.7 Å². The van der Waals surface area contributed by atoms with Crippen LogP contribution < -0.4 is 4.74 Å². The molecular weight excluding hydrogens is 331 g/mol. The summed E-state index contributed by atoms with van der Waals surface area (Å²) >= 11 is 0.183. The lowest BCUT2D eigenvalue weighted by molar-refractivity contribution is 0.121. The highest BCUT2D eigenvalue weighted by atomic mass is 127. The summed E-state index contributed by atoms with van der Waals surface area (Å²) in [5, 5.41) is 0. The second-order valence-corrected chi connectivity index (χ2v) is 5.89. The van der Waals surface area contributed by atoms with Gasteiger partial charge in [-0.2, -0.15) is 0 Å². The molecule has 90 valence electrons. The first-order valence-corrected chi connectivity index (χ1v) is 7.75. The van der Waals surface area contributed by atoms with E-state index in [2.05, 4.69) is 18.9 Å². The number of carbonyl (C=O) groups is 1. The van der Waals surface area contributed by atoms with Crippen LogP contribution in [0.2, 0.25) is 0 Å². The summed E-state index contributed by atoms with van der Waals surface area (Å²) in [5.74, 6) is 0.979. The third-order valence-corrected chi connectivity index (χ3v) is 4.33. The largest absolute Gasteiger partial charge is 0.513 e. The number of rotatable bonds is 2. The van der Waals surface area contributed by atoms with E-state index in [1.54, 1.807) is 12.1 Å². The van der Waals surface area contributed by atoms with Crippen LogP contribution in [0.15, 0.2) is 34.4 Å². The summed E-state index contributed by atoms with van der Waals surface area (Å²) in [7, 11) is 1.29. The molecular formula is C13H13IO3. The third-order valence-electron chi connectivity index (χ3n) is 2.49. The first-order chi connectivity index (χ1) is 8.29. The molecule has 1 atom stereocenters. The van der Waals surface area contributed by atoms with Crippen LogP contribution in [0.3, 0.4) is 0 Å². The van der Waals surface area contributed by atoms with E-state index in [1.807, 2.05) is 12.1 Å². The Morgan fingerprint density at radius 2 is 2.12 bits per heavy atom. The summed E-state index contributed by atoms with van der Waals surface area (Å²) in [6.07, 6.45) is 2.69. The lowest BCUT2D eigenvalue weighted by Gasteiger charge is -2.13. The average Bonchev–Trinajstić information content (AvgIpc) is 2.40. The first kappa shape index (κ1) is 12.3. The highest BCUT2D eigenvalue weighted by Crippen LogP contribution is 2.27. The topological polar surface area (TPSA) is 35.5 Å². The predicted octanol–water partition coefficient (Wildman–Crippen LogP) is 3.61. The molecule has 0 saturated heterocycles. The Balaban J connectivity index is 2.05. The van der Waals surface area contributed by atoms with Crippen LogP contribution in [0.1, 0.15) is 17.9 Å².